The number of Topliss-reactive ketones (excluding diaryl/α,β-unsaturated/α-hetero) is 1. The molecule has 0 aliphatic heterocycles. The van der Waals surface area contributed by atoms with Gasteiger partial charge in [0.15, 0.2) is 10.1 Å². The molecule has 1 heterocycles. The summed E-state index contributed by atoms with van der Waals surface area (Å²) in [6, 6.07) is 4.92. The predicted octanol–water partition coefficient (Wildman–Crippen LogP) is 4.73. The average Bonchev–Trinajstić information content (AvgIpc) is 2.75. The van der Waals surface area contributed by atoms with Crippen molar-refractivity contribution in [2.45, 2.75) is 11.3 Å². The number of nitrogens with zero attached hydrogens (tertiary/aromatic N) is 1. The maximum absolute atomic E-state index is 11.9. The monoisotopic (exact) mass is 317 g/mol. The Morgan fingerprint density at radius 3 is 2.78 bits per heavy atom. The quantitative estimate of drug-likeness (QED) is 0.603. The summed E-state index contributed by atoms with van der Waals surface area (Å²) in [4.78, 5) is 16.2. The third-order valence-corrected chi connectivity index (χ3v) is 5.04. The largest absolute Gasteiger partial charge is 0.293 e. The van der Waals surface area contributed by atoms with Gasteiger partial charge < -0.3 is 0 Å². The fourth-order valence-corrected chi connectivity index (χ4v) is 3.32. The highest BCUT2D eigenvalue weighted by Gasteiger charge is 2.10. The van der Waals surface area contributed by atoms with Gasteiger partial charge in [0.05, 0.1) is 15.8 Å². The molecule has 0 amide bonds. The third kappa shape index (κ3) is 3.48. The smallest absolute Gasteiger partial charge is 0.173 e. The van der Waals surface area contributed by atoms with Gasteiger partial charge in [0.25, 0.3) is 0 Å². The summed E-state index contributed by atoms with van der Waals surface area (Å²) in [5.74, 6) is 0.372. The fourth-order valence-electron chi connectivity index (χ4n) is 1.28. The van der Waals surface area contributed by atoms with E-state index in [0.29, 0.717) is 21.4 Å². The van der Waals surface area contributed by atoms with E-state index in [1.54, 1.807) is 29.5 Å². The molecule has 94 valence electrons. The first kappa shape index (κ1) is 13.9. The molecule has 18 heavy (non-hydrogen) atoms. The summed E-state index contributed by atoms with van der Waals surface area (Å²) >= 11 is 14.7. The lowest BCUT2D eigenvalue weighted by Gasteiger charge is -2.01. The zero-order chi connectivity index (χ0) is 13.1. The highest BCUT2D eigenvalue weighted by molar-refractivity contribution is 8.01. The number of hydrogen-bond donors (Lipinski definition) is 0. The van der Waals surface area contributed by atoms with E-state index in [2.05, 4.69) is 4.98 Å². The Balaban J connectivity index is 2.01. The molecular formula is C12H9Cl2NOS2. The van der Waals surface area contributed by atoms with Crippen LogP contribution in [0.25, 0.3) is 0 Å². The van der Waals surface area contributed by atoms with Crippen LogP contribution in [0, 0.1) is 6.92 Å². The Labute approximate surface area is 123 Å². The molecule has 0 aliphatic carbocycles. The molecule has 0 saturated heterocycles. The zero-order valence-electron chi connectivity index (χ0n) is 9.44. The van der Waals surface area contributed by atoms with E-state index < -0.39 is 0 Å². The van der Waals surface area contributed by atoms with E-state index in [1.165, 1.54) is 11.8 Å². The molecule has 6 heteroatoms. The van der Waals surface area contributed by atoms with E-state index in [1.807, 2.05) is 12.3 Å². The van der Waals surface area contributed by atoms with E-state index in [4.69, 9.17) is 23.2 Å². The van der Waals surface area contributed by atoms with Gasteiger partial charge in [-0.05, 0) is 25.1 Å². The number of hydrogen-bond acceptors (Lipinski definition) is 4. The molecule has 2 nitrogen and oxygen atoms in total. The van der Waals surface area contributed by atoms with Crippen molar-refractivity contribution in [3.8, 4) is 0 Å². The molecule has 2 aromatic rings. The van der Waals surface area contributed by atoms with E-state index >= 15 is 0 Å². The van der Waals surface area contributed by atoms with E-state index in [-0.39, 0.29) is 5.78 Å². The van der Waals surface area contributed by atoms with Crippen molar-refractivity contribution in [2.75, 3.05) is 5.75 Å². The molecule has 0 spiro atoms. The first-order chi connectivity index (χ1) is 8.56. The first-order valence-corrected chi connectivity index (χ1v) is 7.71. The lowest BCUT2D eigenvalue weighted by molar-refractivity contribution is 0.102. The van der Waals surface area contributed by atoms with Crippen molar-refractivity contribution in [1.29, 1.82) is 0 Å². The zero-order valence-corrected chi connectivity index (χ0v) is 12.6. The molecule has 1 aromatic carbocycles. The van der Waals surface area contributed by atoms with Gasteiger partial charge >= 0.3 is 0 Å². The Bertz CT molecular complexity index is 583. The first-order valence-electron chi connectivity index (χ1n) is 5.09. The Morgan fingerprint density at radius 2 is 2.17 bits per heavy atom. The number of benzene rings is 1. The van der Waals surface area contributed by atoms with Crippen LogP contribution in [0.4, 0.5) is 0 Å². The molecule has 0 radical (unpaired) electrons. The molecular weight excluding hydrogens is 309 g/mol. The second-order valence-electron chi connectivity index (χ2n) is 3.60. The highest BCUT2D eigenvalue weighted by atomic mass is 35.5. The number of ketones is 1. The number of thiazole rings is 1. The minimum absolute atomic E-state index is 0.0198. The lowest BCUT2D eigenvalue weighted by atomic mass is 10.1. The van der Waals surface area contributed by atoms with Crippen molar-refractivity contribution in [3.63, 3.8) is 0 Å². The van der Waals surface area contributed by atoms with Gasteiger partial charge in [-0.1, -0.05) is 35.0 Å². The molecule has 0 unspecified atom stereocenters. The van der Waals surface area contributed by atoms with Crippen LogP contribution in [-0.4, -0.2) is 16.5 Å². The van der Waals surface area contributed by atoms with Crippen LogP contribution >= 0.6 is 46.3 Å². The van der Waals surface area contributed by atoms with Crippen molar-refractivity contribution in [3.05, 3.63) is 44.9 Å². The van der Waals surface area contributed by atoms with Gasteiger partial charge in [0, 0.05) is 16.6 Å². The SMILES string of the molecule is Cc1csc(SCC(=O)c2ccc(Cl)c(Cl)c2)n1. The van der Waals surface area contributed by atoms with Crippen LogP contribution in [0.3, 0.4) is 0 Å². The number of halogens is 2. The third-order valence-electron chi connectivity index (χ3n) is 2.17. The topological polar surface area (TPSA) is 30.0 Å². The molecule has 0 bridgehead atoms. The lowest BCUT2D eigenvalue weighted by Crippen LogP contribution is -2.02. The van der Waals surface area contributed by atoms with Crippen molar-refractivity contribution < 1.29 is 4.79 Å². The number of rotatable bonds is 4. The summed E-state index contributed by atoms with van der Waals surface area (Å²) < 4.78 is 0.904. The molecule has 0 N–H and O–H groups in total. The van der Waals surface area contributed by atoms with Crippen LogP contribution in [-0.2, 0) is 0 Å². The van der Waals surface area contributed by atoms with Gasteiger partial charge in [0.2, 0.25) is 0 Å². The summed E-state index contributed by atoms with van der Waals surface area (Å²) in [7, 11) is 0. The maximum atomic E-state index is 11.9. The van der Waals surface area contributed by atoms with Crippen LogP contribution in [0.5, 0.6) is 0 Å². The predicted molar refractivity (Wildman–Crippen MR) is 78.4 cm³/mol. The van der Waals surface area contributed by atoms with Crippen LogP contribution in [0.2, 0.25) is 10.0 Å². The molecule has 2 rings (SSSR count). The number of carbonyl (C=O) groups excluding carboxylic acids is 1. The Morgan fingerprint density at radius 1 is 1.39 bits per heavy atom. The van der Waals surface area contributed by atoms with Gasteiger partial charge in [-0.2, -0.15) is 0 Å². The van der Waals surface area contributed by atoms with Gasteiger partial charge in [-0.25, -0.2) is 4.98 Å². The molecule has 0 saturated carbocycles. The van der Waals surface area contributed by atoms with Gasteiger partial charge in [-0.15, -0.1) is 11.3 Å². The number of carbonyl (C=O) groups is 1. The van der Waals surface area contributed by atoms with Crippen LogP contribution in [0.1, 0.15) is 16.1 Å². The van der Waals surface area contributed by atoms with Crippen molar-refractivity contribution >= 4 is 52.1 Å². The van der Waals surface area contributed by atoms with Crippen molar-refractivity contribution in [2.24, 2.45) is 0 Å². The van der Waals surface area contributed by atoms with E-state index in [0.717, 1.165) is 10.0 Å². The summed E-state index contributed by atoms with van der Waals surface area (Å²) in [5.41, 5.74) is 1.55. The fraction of sp³-hybridized carbons (Fsp3) is 0.167. The minimum atomic E-state index is 0.0198. The summed E-state index contributed by atoms with van der Waals surface area (Å²) in [6.45, 7) is 1.93. The molecule has 0 fully saturated rings. The summed E-state index contributed by atoms with van der Waals surface area (Å²) in [5, 5.41) is 2.82. The molecule has 1 aromatic heterocycles. The highest BCUT2D eigenvalue weighted by Crippen LogP contribution is 2.26. The Kier molecular flexibility index (Phi) is 4.67. The number of aryl methyl sites for hydroxylation is 1. The van der Waals surface area contributed by atoms with Crippen molar-refractivity contribution in [1.82, 2.24) is 4.98 Å². The van der Waals surface area contributed by atoms with Gasteiger partial charge in [0.1, 0.15) is 0 Å². The maximum Gasteiger partial charge on any atom is 0.173 e. The number of aromatic nitrogens is 1. The van der Waals surface area contributed by atoms with E-state index in [9.17, 15) is 4.79 Å². The summed E-state index contributed by atoms with van der Waals surface area (Å²) in [6.07, 6.45) is 0. The van der Waals surface area contributed by atoms with Crippen LogP contribution < -0.4 is 0 Å². The molecule has 0 atom stereocenters. The van der Waals surface area contributed by atoms with Crippen LogP contribution in [0.15, 0.2) is 27.9 Å². The minimum Gasteiger partial charge on any atom is -0.293 e. The van der Waals surface area contributed by atoms with Gasteiger partial charge in [-0.3, -0.25) is 4.79 Å². The second kappa shape index (κ2) is 6.06. The molecule has 0 aliphatic rings. The standard InChI is InChI=1S/C12H9Cl2NOS2/c1-7-5-17-12(15-7)18-6-11(16)8-2-3-9(13)10(14)4-8/h2-5H,6H2,1H3. The average molecular weight is 318 g/mol. The Hall–Kier alpha value is -0.550. The second-order valence-corrected chi connectivity index (χ2v) is 6.49. The number of thioether (sulfide) groups is 1. The normalized spacial score (nSPS) is 10.6.